The highest BCUT2D eigenvalue weighted by atomic mass is 16.5. The summed E-state index contributed by atoms with van der Waals surface area (Å²) in [6.45, 7) is 6.98. The highest BCUT2D eigenvalue weighted by Crippen LogP contribution is 2.42. The lowest BCUT2D eigenvalue weighted by atomic mass is 9.74. The summed E-state index contributed by atoms with van der Waals surface area (Å²) in [4.78, 5) is 0. The molecule has 0 radical (unpaired) electrons. The van der Waals surface area contributed by atoms with Crippen LogP contribution in [0.2, 0.25) is 0 Å². The van der Waals surface area contributed by atoms with Gasteiger partial charge in [-0.2, -0.15) is 0 Å². The zero-order chi connectivity index (χ0) is 13.9. The topological polar surface area (TPSA) is 30.5 Å². The summed E-state index contributed by atoms with van der Waals surface area (Å²) in [5.74, 6) is 1.01. The lowest BCUT2D eigenvalue weighted by Crippen LogP contribution is -2.47. The van der Waals surface area contributed by atoms with Gasteiger partial charge in [-0.3, -0.25) is 0 Å². The summed E-state index contributed by atoms with van der Waals surface area (Å²) in [5, 5.41) is 3.22. The van der Waals surface area contributed by atoms with Gasteiger partial charge in [0.15, 0.2) is 0 Å². The number of rotatable bonds is 6. The minimum atomic E-state index is 0.153. The van der Waals surface area contributed by atoms with Crippen molar-refractivity contribution in [3.05, 3.63) is 28.8 Å². The van der Waals surface area contributed by atoms with E-state index >= 15 is 0 Å². The Morgan fingerprint density at radius 1 is 1.26 bits per heavy atom. The van der Waals surface area contributed by atoms with Gasteiger partial charge >= 0.3 is 0 Å². The number of hydrogen-bond acceptors (Lipinski definition) is 3. The van der Waals surface area contributed by atoms with Crippen molar-refractivity contribution in [2.45, 2.75) is 32.1 Å². The van der Waals surface area contributed by atoms with Crippen LogP contribution in [0.15, 0.2) is 12.1 Å². The maximum atomic E-state index is 5.60. The Labute approximate surface area is 116 Å². The summed E-state index contributed by atoms with van der Waals surface area (Å²) in [7, 11) is 3.76. The van der Waals surface area contributed by atoms with E-state index < -0.39 is 0 Å². The van der Waals surface area contributed by atoms with Crippen LogP contribution in [0.3, 0.4) is 0 Å². The van der Waals surface area contributed by atoms with Crippen LogP contribution in [0, 0.1) is 13.8 Å². The SMILES string of the molecule is CNCCCC1(c2cc(C)c(C)cc2OC)COC1. The van der Waals surface area contributed by atoms with E-state index in [1.165, 1.54) is 16.7 Å². The molecule has 0 saturated carbocycles. The predicted molar refractivity (Wildman–Crippen MR) is 78.1 cm³/mol. The maximum absolute atomic E-state index is 5.60. The van der Waals surface area contributed by atoms with Gasteiger partial charge in [-0.05, 0) is 57.5 Å². The predicted octanol–water partition coefficient (Wildman–Crippen LogP) is 2.58. The Morgan fingerprint density at radius 3 is 2.47 bits per heavy atom. The second-order valence-electron chi connectivity index (χ2n) is 5.62. The zero-order valence-electron chi connectivity index (χ0n) is 12.5. The third-order valence-corrected chi connectivity index (χ3v) is 4.23. The Balaban J connectivity index is 2.29. The van der Waals surface area contributed by atoms with E-state index in [-0.39, 0.29) is 5.41 Å². The molecule has 0 amide bonds. The van der Waals surface area contributed by atoms with E-state index in [2.05, 4.69) is 31.3 Å². The summed E-state index contributed by atoms with van der Waals surface area (Å²) < 4.78 is 11.1. The summed E-state index contributed by atoms with van der Waals surface area (Å²) in [6.07, 6.45) is 2.31. The number of benzene rings is 1. The van der Waals surface area contributed by atoms with Gasteiger partial charge in [0, 0.05) is 11.0 Å². The molecular weight excluding hydrogens is 238 g/mol. The van der Waals surface area contributed by atoms with Gasteiger partial charge in [0.1, 0.15) is 5.75 Å². The van der Waals surface area contributed by atoms with Gasteiger partial charge in [-0.1, -0.05) is 6.07 Å². The van der Waals surface area contributed by atoms with Crippen molar-refractivity contribution in [1.82, 2.24) is 5.32 Å². The van der Waals surface area contributed by atoms with E-state index in [0.717, 1.165) is 38.3 Å². The van der Waals surface area contributed by atoms with Crippen LogP contribution < -0.4 is 10.1 Å². The summed E-state index contributed by atoms with van der Waals surface area (Å²) in [6, 6.07) is 4.44. The average Bonchev–Trinajstić information content (AvgIpc) is 2.36. The fourth-order valence-electron chi connectivity index (χ4n) is 2.76. The Hall–Kier alpha value is -1.06. The second kappa shape index (κ2) is 5.93. The molecule has 0 aromatic heterocycles. The van der Waals surface area contributed by atoms with Crippen LogP contribution in [-0.2, 0) is 10.2 Å². The van der Waals surface area contributed by atoms with Gasteiger partial charge < -0.3 is 14.8 Å². The third-order valence-electron chi connectivity index (χ3n) is 4.23. The smallest absolute Gasteiger partial charge is 0.123 e. The first kappa shape index (κ1) is 14.4. The van der Waals surface area contributed by atoms with Crippen molar-refractivity contribution in [1.29, 1.82) is 0 Å². The van der Waals surface area contributed by atoms with Crippen molar-refractivity contribution >= 4 is 0 Å². The van der Waals surface area contributed by atoms with E-state index in [4.69, 9.17) is 9.47 Å². The van der Waals surface area contributed by atoms with E-state index in [1.54, 1.807) is 7.11 Å². The van der Waals surface area contributed by atoms with Gasteiger partial charge in [0.25, 0.3) is 0 Å². The number of ether oxygens (including phenoxy) is 2. The van der Waals surface area contributed by atoms with Crippen molar-refractivity contribution in [3.8, 4) is 5.75 Å². The van der Waals surface area contributed by atoms with Gasteiger partial charge in [-0.15, -0.1) is 0 Å². The molecule has 1 aromatic carbocycles. The first-order valence-corrected chi connectivity index (χ1v) is 7.01. The minimum Gasteiger partial charge on any atom is -0.496 e. The highest BCUT2D eigenvalue weighted by molar-refractivity contribution is 5.47. The fourth-order valence-corrected chi connectivity index (χ4v) is 2.76. The molecule has 1 N–H and O–H groups in total. The molecule has 19 heavy (non-hydrogen) atoms. The van der Waals surface area contributed by atoms with Gasteiger partial charge in [0.05, 0.1) is 20.3 Å². The highest BCUT2D eigenvalue weighted by Gasteiger charge is 2.41. The quantitative estimate of drug-likeness (QED) is 0.800. The van der Waals surface area contributed by atoms with Crippen molar-refractivity contribution in [2.75, 3.05) is 33.9 Å². The molecule has 0 aliphatic carbocycles. The van der Waals surface area contributed by atoms with Crippen LogP contribution in [0.4, 0.5) is 0 Å². The largest absolute Gasteiger partial charge is 0.496 e. The van der Waals surface area contributed by atoms with Crippen LogP contribution >= 0.6 is 0 Å². The molecule has 1 saturated heterocycles. The monoisotopic (exact) mass is 263 g/mol. The van der Waals surface area contributed by atoms with E-state index in [9.17, 15) is 0 Å². The van der Waals surface area contributed by atoms with E-state index in [0.29, 0.717) is 0 Å². The lowest BCUT2D eigenvalue weighted by Gasteiger charge is -2.43. The standard InChI is InChI=1S/C16H25NO2/c1-12-8-14(15(18-4)9-13(12)2)16(10-19-11-16)6-5-7-17-3/h8-9,17H,5-7,10-11H2,1-4H3. The number of aryl methyl sites for hydroxylation is 2. The summed E-state index contributed by atoms with van der Waals surface area (Å²) in [5.41, 5.74) is 4.09. The number of nitrogens with one attached hydrogen (secondary N) is 1. The first-order chi connectivity index (χ1) is 9.13. The van der Waals surface area contributed by atoms with Crippen molar-refractivity contribution < 1.29 is 9.47 Å². The number of hydrogen-bond donors (Lipinski definition) is 1. The second-order valence-corrected chi connectivity index (χ2v) is 5.62. The molecule has 1 aliphatic heterocycles. The van der Waals surface area contributed by atoms with Crippen LogP contribution in [0.25, 0.3) is 0 Å². The molecule has 3 nitrogen and oxygen atoms in total. The van der Waals surface area contributed by atoms with Crippen molar-refractivity contribution in [3.63, 3.8) is 0 Å². The first-order valence-electron chi connectivity index (χ1n) is 7.01. The molecule has 1 aliphatic rings. The normalized spacial score (nSPS) is 17.1. The van der Waals surface area contributed by atoms with Crippen molar-refractivity contribution in [2.24, 2.45) is 0 Å². The Bertz CT molecular complexity index is 439. The molecule has 106 valence electrons. The Morgan fingerprint density at radius 2 is 1.95 bits per heavy atom. The molecule has 0 atom stereocenters. The molecular formula is C16H25NO2. The molecule has 2 rings (SSSR count). The van der Waals surface area contributed by atoms with Gasteiger partial charge in [0.2, 0.25) is 0 Å². The molecule has 1 aromatic rings. The molecule has 1 fully saturated rings. The zero-order valence-corrected chi connectivity index (χ0v) is 12.5. The lowest BCUT2D eigenvalue weighted by molar-refractivity contribution is -0.0659. The molecule has 1 heterocycles. The Kier molecular flexibility index (Phi) is 4.48. The summed E-state index contributed by atoms with van der Waals surface area (Å²) >= 11 is 0. The van der Waals surface area contributed by atoms with Crippen LogP contribution in [0.1, 0.15) is 29.5 Å². The minimum absolute atomic E-state index is 0.153. The third kappa shape index (κ3) is 2.77. The molecule has 0 unspecified atom stereocenters. The average molecular weight is 263 g/mol. The van der Waals surface area contributed by atoms with Crippen LogP contribution in [-0.4, -0.2) is 33.9 Å². The fraction of sp³-hybridized carbons (Fsp3) is 0.625. The number of methoxy groups -OCH3 is 1. The maximum Gasteiger partial charge on any atom is 0.123 e. The molecule has 0 bridgehead atoms. The van der Waals surface area contributed by atoms with Gasteiger partial charge in [-0.25, -0.2) is 0 Å². The van der Waals surface area contributed by atoms with Crippen LogP contribution in [0.5, 0.6) is 5.75 Å². The van der Waals surface area contributed by atoms with E-state index in [1.807, 2.05) is 7.05 Å². The molecule has 0 spiro atoms. The molecule has 3 heteroatoms.